The zero-order valence-corrected chi connectivity index (χ0v) is 13.9. The summed E-state index contributed by atoms with van der Waals surface area (Å²) < 4.78 is 0. The van der Waals surface area contributed by atoms with E-state index >= 15 is 0 Å². The van der Waals surface area contributed by atoms with Crippen LogP contribution in [0.4, 0.5) is 0 Å². The fourth-order valence-corrected chi connectivity index (χ4v) is 3.08. The zero-order chi connectivity index (χ0) is 18.0. The number of hydrogen-bond donors (Lipinski definition) is 2. The molecule has 0 radical (unpaired) electrons. The fraction of sp³-hybridized carbons (Fsp3) is 0.150. The molecule has 0 saturated heterocycles. The van der Waals surface area contributed by atoms with Gasteiger partial charge in [-0.15, -0.1) is 0 Å². The molecule has 1 aliphatic rings. The minimum absolute atomic E-state index is 0.260. The summed E-state index contributed by atoms with van der Waals surface area (Å²) in [6.07, 6.45) is 3.90. The molecule has 0 spiro atoms. The number of hydrogen-bond acceptors (Lipinski definition) is 2. The number of aliphatic imine (C=N–C) groups is 1. The third-order valence-electron chi connectivity index (χ3n) is 4.23. The van der Waals surface area contributed by atoms with Gasteiger partial charge in [-0.05, 0) is 65.8 Å². The molecule has 5 nitrogen and oxygen atoms in total. The van der Waals surface area contributed by atoms with Crippen molar-refractivity contribution in [1.82, 2.24) is 0 Å². The lowest BCUT2D eigenvalue weighted by molar-refractivity contribution is 0.100. The van der Waals surface area contributed by atoms with Gasteiger partial charge in [0, 0.05) is 5.56 Å². The van der Waals surface area contributed by atoms with Crippen molar-refractivity contribution in [3.05, 3.63) is 75.9 Å². The smallest absolute Gasteiger partial charge is 0.280 e. The number of aryl methyl sites for hydroxylation is 2. The van der Waals surface area contributed by atoms with Crippen molar-refractivity contribution in [2.24, 2.45) is 16.5 Å². The number of fused-ring (bicyclic) bond motifs is 1. The quantitative estimate of drug-likeness (QED) is 0.652. The number of allylic oxidation sites excluding steroid dienone is 1. The van der Waals surface area contributed by atoms with Gasteiger partial charge in [-0.2, -0.15) is 10.3 Å². The molecule has 0 fully saturated rings. The van der Waals surface area contributed by atoms with Gasteiger partial charge in [0.2, 0.25) is 0 Å². The summed E-state index contributed by atoms with van der Waals surface area (Å²) in [6, 6.07) is 13.5. The molecule has 5 heteroatoms. The average molecular weight is 330 g/mol. The van der Waals surface area contributed by atoms with Crippen molar-refractivity contribution in [3.63, 3.8) is 0 Å². The number of nitrogens with two attached hydrogens (primary N) is 2. The van der Waals surface area contributed by atoms with Crippen LogP contribution < -0.4 is 11.5 Å². The van der Waals surface area contributed by atoms with Crippen LogP contribution in [0, 0.1) is 18.3 Å². The van der Waals surface area contributed by atoms with E-state index in [0.717, 1.165) is 40.7 Å². The second-order valence-corrected chi connectivity index (χ2v) is 6.03. The summed E-state index contributed by atoms with van der Waals surface area (Å²) in [7, 11) is 0. The van der Waals surface area contributed by atoms with Gasteiger partial charge in [0.1, 0.15) is 0 Å². The Morgan fingerprint density at radius 1 is 1.16 bits per heavy atom. The minimum atomic E-state index is -0.475. The van der Waals surface area contributed by atoms with Crippen LogP contribution in [0.15, 0.2) is 47.5 Å². The first-order chi connectivity index (χ1) is 12.0. The van der Waals surface area contributed by atoms with E-state index in [9.17, 15) is 10.1 Å². The van der Waals surface area contributed by atoms with Crippen LogP contribution in [0.1, 0.15) is 44.6 Å². The van der Waals surface area contributed by atoms with E-state index in [1.165, 1.54) is 0 Å². The molecule has 0 heterocycles. The number of nitriles is 1. The molecule has 1 amide bonds. The Balaban J connectivity index is 2.12. The summed E-state index contributed by atoms with van der Waals surface area (Å²) >= 11 is 0. The number of guanidine groups is 1. The second kappa shape index (κ2) is 6.62. The lowest BCUT2D eigenvalue weighted by Gasteiger charge is -2.20. The Bertz CT molecular complexity index is 960. The fourth-order valence-electron chi connectivity index (χ4n) is 3.08. The third kappa shape index (κ3) is 3.29. The Kier molecular flexibility index (Phi) is 4.36. The predicted molar refractivity (Wildman–Crippen MR) is 97.9 cm³/mol. The number of amides is 1. The highest BCUT2D eigenvalue weighted by Gasteiger charge is 2.19. The van der Waals surface area contributed by atoms with E-state index in [-0.39, 0.29) is 5.96 Å². The van der Waals surface area contributed by atoms with Crippen molar-refractivity contribution in [2.45, 2.75) is 19.8 Å². The highest BCUT2D eigenvalue weighted by molar-refractivity contribution is 6.02. The summed E-state index contributed by atoms with van der Waals surface area (Å²) in [5, 5.41) is 9.49. The molecule has 0 aromatic heterocycles. The highest BCUT2D eigenvalue weighted by Crippen LogP contribution is 2.34. The van der Waals surface area contributed by atoms with Gasteiger partial charge >= 0.3 is 0 Å². The van der Waals surface area contributed by atoms with Gasteiger partial charge in [-0.3, -0.25) is 4.79 Å². The molecule has 0 aliphatic heterocycles. The summed E-state index contributed by atoms with van der Waals surface area (Å²) in [5.41, 5.74) is 16.6. The van der Waals surface area contributed by atoms with Crippen molar-refractivity contribution in [3.8, 4) is 6.07 Å². The zero-order valence-electron chi connectivity index (χ0n) is 13.9. The van der Waals surface area contributed by atoms with Crippen molar-refractivity contribution >= 4 is 17.4 Å². The molecule has 0 atom stereocenters. The molecule has 0 bridgehead atoms. The number of benzene rings is 2. The molecule has 2 aromatic carbocycles. The van der Waals surface area contributed by atoms with Crippen LogP contribution >= 0.6 is 0 Å². The molecule has 4 N–H and O–H groups in total. The van der Waals surface area contributed by atoms with Crippen LogP contribution in [0.5, 0.6) is 0 Å². The average Bonchev–Trinajstić information content (AvgIpc) is 2.60. The van der Waals surface area contributed by atoms with E-state index in [1.54, 1.807) is 12.1 Å². The largest absolute Gasteiger partial charge is 0.370 e. The van der Waals surface area contributed by atoms with E-state index in [4.69, 9.17) is 11.5 Å². The van der Waals surface area contributed by atoms with Gasteiger partial charge in [-0.25, -0.2) is 0 Å². The van der Waals surface area contributed by atoms with Gasteiger partial charge in [0.25, 0.3) is 5.91 Å². The monoisotopic (exact) mass is 330 g/mol. The Hall–Kier alpha value is -3.39. The normalized spacial score (nSPS) is 12.6. The lowest BCUT2D eigenvalue weighted by Crippen LogP contribution is -2.24. The maximum atomic E-state index is 12.1. The molecule has 25 heavy (non-hydrogen) atoms. The maximum absolute atomic E-state index is 12.1. The van der Waals surface area contributed by atoms with Crippen LogP contribution in [-0.2, 0) is 6.42 Å². The van der Waals surface area contributed by atoms with E-state index in [0.29, 0.717) is 11.1 Å². The second-order valence-electron chi connectivity index (χ2n) is 6.03. The topological polar surface area (TPSA) is 105 Å². The minimum Gasteiger partial charge on any atom is -0.370 e. The summed E-state index contributed by atoms with van der Waals surface area (Å²) in [4.78, 5) is 15.7. The van der Waals surface area contributed by atoms with Crippen LogP contribution in [0.25, 0.3) is 5.57 Å². The van der Waals surface area contributed by atoms with Crippen LogP contribution in [0.2, 0.25) is 0 Å². The number of rotatable bonds is 2. The highest BCUT2D eigenvalue weighted by atomic mass is 16.1. The third-order valence-corrected chi connectivity index (χ3v) is 4.23. The van der Waals surface area contributed by atoms with Crippen molar-refractivity contribution in [1.29, 1.82) is 5.26 Å². The number of carbonyl (C=O) groups is 1. The lowest BCUT2D eigenvalue weighted by atomic mass is 9.84. The Morgan fingerprint density at radius 3 is 2.68 bits per heavy atom. The summed E-state index contributed by atoms with van der Waals surface area (Å²) in [5.74, 6) is -0.735. The Labute approximate surface area is 146 Å². The standard InChI is InChI=1S/C20H18N4O/c1-12-5-8-16(15(9-12)11-21)17-4-2-3-13-6-7-14(10-18(13)17)19(25)24-20(22)23/h4-10H,2-3H2,1H3,(H4,22,23,24,25). The summed E-state index contributed by atoms with van der Waals surface area (Å²) in [6.45, 7) is 1.96. The first-order valence-electron chi connectivity index (χ1n) is 7.98. The first kappa shape index (κ1) is 16.5. The van der Waals surface area contributed by atoms with E-state index in [1.807, 2.05) is 31.2 Å². The van der Waals surface area contributed by atoms with Gasteiger partial charge in [0.05, 0.1) is 11.6 Å². The molecule has 2 aromatic rings. The van der Waals surface area contributed by atoms with Gasteiger partial charge in [0.15, 0.2) is 5.96 Å². The van der Waals surface area contributed by atoms with Crippen molar-refractivity contribution < 1.29 is 4.79 Å². The number of nitrogens with zero attached hydrogens (tertiary/aromatic N) is 2. The first-order valence-corrected chi connectivity index (χ1v) is 7.98. The molecule has 0 saturated carbocycles. The van der Waals surface area contributed by atoms with Gasteiger partial charge in [-0.1, -0.05) is 24.3 Å². The number of carbonyl (C=O) groups excluding carboxylic acids is 1. The molecule has 124 valence electrons. The van der Waals surface area contributed by atoms with Crippen molar-refractivity contribution in [2.75, 3.05) is 0 Å². The Morgan fingerprint density at radius 2 is 1.96 bits per heavy atom. The molecule has 1 aliphatic carbocycles. The van der Waals surface area contributed by atoms with Gasteiger partial charge < -0.3 is 11.5 Å². The molecular weight excluding hydrogens is 312 g/mol. The predicted octanol–water partition coefficient (Wildman–Crippen LogP) is 2.66. The molecule has 3 rings (SSSR count). The molecule has 0 unspecified atom stereocenters. The van der Waals surface area contributed by atoms with E-state index in [2.05, 4.69) is 17.1 Å². The van der Waals surface area contributed by atoms with Crippen LogP contribution in [0.3, 0.4) is 0 Å². The van der Waals surface area contributed by atoms with E-state index < -0.39 is 5.91 Å². The molecular formula is C20H18N4O. The maximum Gasteiger partial charge on any atom is 0.280 e. The van der Waals surface area contributed by atoms with Crippen LogP contribution in [-0.4, -0.2) is 11.9 Å². The SMILES string of the molecule is Cc1ccc(C2=CCCc3ccc(C(=O)N=C(N)N)cc32)c(C#N)c1.